The number of fused-ring (bicyclic) bond motifs is 1. The van der Waals surface area contributed by atoms with Crippen LogP contribution in [-0.2, 0) is 17.6 Å². The molecule has 0 atom stereocenters. The summed E-state index contributed by atoms with van der Waals surface area (Å²) < 4.78 is 84.1. The molecule has 3 aromatic heterocycles. The van der Waals surface area contributed by atoms with Crippen LogP contribution >= 0.6 is 0 Å². The second kappa shape index (κ2) is 9.84. The van der Waals surface area contributed by atoms with Crippen molar-refractivity contribution < 1.29 is 35.9 Å². The molecule has 196 valence electrons. The molecule has 0 bridgehead atoms. The van der Waals surface area contributed by atoms with E-state index in [2.05, 4.69) is 25.2 Å². The fourth-order valence-corrected chi connectivity index (χ4v) is 3.42. The van der Waals surface area contributed by atoms with Gasteiger partial charge < -0.3 is 10.1 Å². The number of nitrogens with zero attached hydrogens (tertiary/aromatic N) is 5. The second-order valence-corrected chi connectivity index (χ2v) is 8.42. The molecule has 3 heterocycles. The highest BCUT2D eigenvalue weighted by Crippen LogP contribution is 2.32. The average Bonchev–Trinajstić information content (AvgIpc) is 3.43. The molecule has 0 spiro atoms. The lowest BCUT2D eigenvalue weighted by Gasteiger charge is -2.11. The van der Waals surface area contributed by atoms with Gasteiger partial charge in [-0.05, 0) is 17.5 Å². The Kier molecular flexibility index (Phi) is 6.95. The summed E-state index contributed by atoms with van der Waals surface area (Å²) in [5, 5.41) is 9.92. The summed E-state index contributed by atoms with van der Waals surface area (Å²) in [4.78, 5) is 16.9. The summed E-state index contributed by atoms with van der Waals surface area (Å²) in [6.45, 7) is 1.98. The number of anilines is 1. The van der Waals surface area contributed by atoms with Crippen molar-refractivity contribution in [2.75, 3.05) is 11.9 Å². The third-order valence-corrected chi connectivity index (χ3v) is 5.20. The number of alkyl halides is 6. The van der Waals surface area contributed by atoms with Gasteiger partial charge in [0.1, 0.15) is 13.3 Å². The van der Waals surface area contributed by atoms with Crippen LogP contribution in [0.15, 0.2) is 48.8 Å². The smallest absolute Gasteiger partial charge is 0.350 e. The number of carbonyl (C=O) groups is 1. The third kappa shape index (κ3) is 6.25. The summed E-state index contributed by atoms with van der Waals surface area (Å²) in [6.07, 6.45) is -6.95. The van der Waals surface area contributed by atoms with Gasteiger partial charge in [-0.1, -0.05) is 38.1 Å². The van der Waals surface area contributed by atoms with Crippen LogP contribution in [0.25, 0.3) is 16.9 Å². The van der Waals surface area contributed by atoms with E-state index in [0.29, 0.717) is 10.1 Å². The minimum Gasteiger partial charge on any atom is -0.350 e. The molecular formula is C23H20F6N6O2. The minimum atomic E-state index is -4.79. The zero-order valence-electron chi connectivity index (χ0n) is 19.4. The first-order valence-corrected chi connectivity index (χ1v) is 10.9. The highest BCUT2D eigenvalue weighted by Gasteiger charge is 2.35. The molecule has 1 N–H and O–H groups in total. The SMILES string of the molecule is CC(C)c1ccc(-c2cc(C(F)(F)F)n3nc(C(=O)Nc4cnn(COCC(F)(F)F)c4)cc3n2)cc1. The standard InChI is InChI=1S/C23H20F6N6O2/c1-13(2)14-3-5-15(6-4-14)17-7-19(23(27,28)29)35-20(32-17)8-18(33-35)21(36)31-16-9-30-34(10-16)12-37-11-22(24,25)26/h3-10,13H,11-12H2,1-2H3,(H,31,36). The van der Waals surface area contributed by atoms with Crippen LogP contribution < -0.4 is 5.32 Å². The van der Waals surface area contributed by atoms with Crippen molar-refractivity contribution in [2.24, 2.45) is 0 Å². The van der Waals surface area contributed by atoms with Crippen molar-refractivity contribution in [1.29, 1.82) is 0 Å². The number of carbonyl (C=O) groups excluding carboxylic acids is 1. The average molecular weight is 526 g/mol. The van der Waals surface area contributed by atoms with Gasteiger partial charge in [0.15, 0.2) is 17.0 Å². The summed E-state index contributed by atoms with van der Waals surface area (Å²) >= 11 is 0. The van der Waals surface area contributed by atoms with Gasteiger partial charge in [-0.25, -0.2) is 14.2 Å². The Morgan fingerprint density at radius 2 is 1.78 bits per heavy atom. The van der Waals surface area contributed by atoms with Crippen molar-refractivity contribution in [2.45, 2.75) is 38.8 Å². The number of nitrogens with one attached hydrogen (secondary N) is 1. The Hall–Kier alpha value is -3.94. The van der Waals surface area contributed by atoms with Gasteiger partial charge in [-0.3, -0.25) is 4.79 Å². The van der Waals surface area contributed by atoms with E-state index in [-0.39, 0.29) is 28.6 Å². The van der Waals surface area contributed by atoms with Gasteiger partial charge in [-0.15, -0.1) is 0 Å². The van der Waals surface area contributed by atoms with Gasteiger partial charge in [0.2, 0.25) is 0 Å². The molecule has 0 radical (unpaired) electrons. The molecule has 1 aromatic carbocycles. The summed E-state index contributed by atoms with van der Waals surface area (Å²) in [5.41, 5.74) is -0.0569. The Bertz CT molecular complexity index is 1410. The number of halogens is 6. The van der Waals surface area contributed by atoms with E-state index in [0.717, 1.165) is 28.6 Å². The van der Waals surface area contributed by atoms with Crippen LogP contribution in [0.4, 0.5) is 32.0 Å². The van der Waals surface area contributed by atoms with E-state index in [4.69, 9.17) is 0 Å². The maximum atomic E-state index is 13.8. The number of hydrogen-bond donors (Lipinski definition) is 1. The Labute approximate surface area is 205 Å². The molecule has 14 heteroatoms. The molecule has 37 heavy (non-hydrogen) atoms. The first-order chi connectivity index (χ1) is 17.3. The summed E-state index contributed by atoms with van der Waals surface area (Å²) in [5.74, 6) is -0.622. The lowest BCUT2D eigenvalue weighted by atomic mass is 10.0. The molecule has 0 saturated carbocycles. The second-order valence-electron chi connectivity index (χ2n) is 8.42. The van der Waals surface area contributed by atoms with Gasteiger partial charge in [-0.2, -0.15) is 36.5 Å². The van der Waals surface area contributed by atoms with Crippen molar-refractivity contribution in [1.82, 2.24) is 24.4 Å². The van der Waals surface area contributed by atoms with Crippen LogP contribution in [0.3, 0.4) is 0 Å². The lowest BCUT2D eigenvalue weighted by Crippen LogP contribution is -2.18. The molecule has 0 aliphatic carbocycles. The van der Waals surface area contributed by atoms with Crippen molar-refractivity contribution in [3.8, 4) is 11.3 Å². The lowest BCUT2D eigenvalue weighted by molar-refractivity contribution is -0.182. The van der Waals surface area contributed by atoms with Crippen molar-refractivity contribution in [3.63, 3.8) is 0 Å². The van der Waals surface area contributed by atoms with Gasteiger partial charge in [0, 0.05) is 11.6 Å². The molecule has 1 amide bonds. The molecule has 4 rings (SSSR count). The normalized spacial score (nSPS) is 12.5. The number of aromatic nitrogens is 5. The Balaban J connectivity index is 1.58. The molecular weight excluding hydrogens is 506 g/mol. The monoisotopic (exact) mass is 526 g/mol. The third-order valence-electron chi connectivity index (χ3n) is 5.20. The van der Waals surface area contributed by atoms with E-state index in [1.54, 1.807) is 12.1 Å². The maximum Gasteiger partial charge on any atom is 0.433 e. The van der Waals surface area contributed by atoms with Crippen LogP contribution in [-0.4, -0.2) is 43.1 Å². The Morgan fingerprint density at radius 1 is 1.08 bits per heavy atom. The fraction of sp³-hybridized carbons (Fsp3) is 0.304. The zero-order chi connectivity index (χ0) is 27.0. The Morgan fingerprint density at radius 3 is 2.41 bits per heavy atom. The van der Waals surface area contributed by atoms with E-state index in [9.17, 15) is 31.1 Å². The number of amides is 1. The van der Waals surface area contributed by atoms with Gasteiger partial charge in [0.05, 0.1) is 23.8 Å². The topological polar surface area (TPSA) is 86.3 Å². The van der Waals surface area contributed by atoms with Crippen LogP contribution in [0.5, 0.6) is 0 Å². The van der Waals surface area contributed by atoms with E-state index in [1.807, 2.05) is 26.0 Å². The zero-order valence-corrected chi connectivity index (χ0v) is 19.4. The van der Waals surface area contributed by atoms with Crippen LogP contribution in [0, 0.1) is 0 Å². The van der Waals surface area contributed by atoms with E-state index < -0.39 is 37.3 Å². The number of ether oxygens (including phenoxy) is 1. The predicted molar refractivity (Wildman–Crippen MR) is 120 cm³/mol. The van der Waals surface area contributed by atoms with Gasteiger partial charge in [0.25, 0.3) is 5.91 Å². The quantitative estimate of drug-likeness (QED) is 0.321. The molecule has 0 aliphatic rings. The first-order valence-electron chi connectivity index (χ1n) is 10.9. The highest BCUT2D eigenvalue weighted by molar-refractivity contribution is 6.03. The first kappa shape index (κ1) is 26.1. The number of rotatable bonds is 7. The van der Waals surface area contributed by atoms with Crippen LogP contribution in [0.1, 0.15) is 41.5 Å². The molecule has 4 aromatic rings. The maximum absolute atomic E-state index is 13.8. The minimum absolute atomic E-state index is 0.0575. The van der Waals surface area contributed by atoms with Crippen molar-refractivity contribution in [3.05, 3.63) is 65.7 Å². The molecule has 0 unspecified atom stereocenters. The molecule has 0 saturated heterocycles. The van der Waals surface area contributed by atoms with E-state index >= 15 is 0 Å². The number of hydrogen-bond acceptors (Lipinski definition) is 5. The summed E-state index contributed by atoms with van der Waals surface area (Å²) in [7, 11) is 0. The molecule has 8 nitrogen and oxygen atoms in total. The fourth-order valence-electron chi connectivity index (χ4n) is 3.42. The highest BCUT2D eigenvalue weighted by atomic mass is 19.4. The predicted octanol–water partition coefficient (Wildman–Crippen LogP) is 5.52. The van der Waals surface area contributed by atoms with E-state index in [1.165, 1.54) is 6.20 Å². The molecule has 0 aliphatic heterocycles. The number of benzene rings is 1. The van der Waals surface area contributed by atoms with Crippen molar-refractivity contribution >= 4 is 17.2 Å². The largest absolute Gasteiger partial charge is 0.433 e. The summed E-state index contributed by atoms with van der Waals surface area (Å²) in [6, 6.07) is 8.93. The van der Waals surface area contributed by atoms with Gasteiger partial charge >= 0.3 is 12.4 Å². The molecule has 0 fully saturated rings. The van der Waals surface area contributed by atoms with Crippen LogP contribution in [0.2, 0.25) is 0 Å².